The van der Waals surface area contributed by atoms with Crippen molar-refractivity contribution in [1.82, 2.24) is 0 Å². The highest BCUT2D eigenvalue weighted by molar-refractivity contribution is 6.27. The van der Waals surface area contributed by atoms with Gasteiger partial charge < -0.3 is 23.3 Å². The van der Waals surface area contributed by atoms with Gasteiger partial charge in [0.05, 0.1) is 55.4 Å². The summed E-state index contributed by atoms with van der Waals surface area (Å²) in [5.74, 6) is 0. The van der Waals surface area contributed by atoms with E-state index in [1.54, 1.807) is 0 Å². The van der Waals surface area contributed by atoms with Crippen molar-refractivity contribution in [3.05, 3.63) is 0 Å². The first-order valence-corrected chi connectivity index (χ1v) is 7.42. The normalized spacial score (nSPS) is 10.9. The molecular weight excluding hydrogens is 258 g/mol. The highest BCUT2D eigenvalue weighted by Crippen LogP contribution is 1.95. The predicted octanol–water partition coefficient (Wildman–Crippen LogP) is 0.647. The van der Waals surface area contributed by atoms with E-state index in [1.807, 2.05) is 0 Å². The third kappa shape index (κ3) is 52.3. The lowest BCUT2D eigenvalue weighted by atomic mass is 10.3. The van der Waals surface area contributed by atoms with Crippen LogP contribution in [0.5, 0.6) is 0 Å². The van der Waals surface area contributed by atoms with E-state index in [0.717, 1.165) is 8.97 Å². The van der Waals surface area contributed by atoms with Crippen LogP contribution in [0.3, 0.4) is 0 Å². The Morgan fingerprint density at radius 2 is 0.950 bits per heavy atom. The van der Waals surface area contributed by atoms with Gasteiger partial charge in [0.1, 0.15) is 7.40 Å². The van der Waals surface area contributed by atoms with E-state index in [4.69, 9.17) is 10.0 Å². The first kappa shape index (κ1) is 24.8. The summed E-state index contributed by atoms with van der Waals surface area (Å²) in [6.45, 7) is 7.07. The molecule has 0 atom stereocenters. The zero-order valence-electron chi connectivity index (χ0n) is 14.9. The van der Waals surface area contributed by atoms with Gasteiger partial charge >= 0.3 is 0 Å². The van der Waals surface area contributed by atoms with Gasteiger partial charge in [-0.3, -0.25) is 0 Å². The van der Waals surface area contributed by atoms with Crippen molar-refractivity contribution in [1.29, 1.82) is 0 Å². The second kappa shape index (κ2) is 13.8. The second-order valence-corrected chi connectivity index (χ2v) is 7.01. The van der Waals surface area contributed by atoms with Crippen molar-refractivity contribution in [2.75, 3.05) is 55.4 Å². The summed E-state index contributed by atoms with van der Waals surface area (Å²) < 4.78 is 12.1. The Bertz CT molecular complexity index is 172. The summed E-state index contributed by atoms with van der Waals surface area (Å²) in [6.07, 6.45) is 5.33. The molecule has 0 spiro atoms. The van der Waals surface area contributed by atoms with Crippen molar-refractivity contribution < 1.29 is 23.3 Å². The van der Waals surface area contributed by atoms with Crippen molar-refractivity contribution in [3.63, 3.8) is 0 Å². The minimum absolute atomic E-state index is 1.10. The monoisotopic (exact) mass is 294 g/mol. The van der Waals surface area contributed by atoms with Crippen LogP contribution in [0.25, 0.3) is 0 Å². The summed E-state index contributed by atoms with van der Waals surface area (Å²) in [5.41, 5.74) is 0. The number of hydrogen-bond acceptors (Lipinski definition) is 2. The van der Waals surface area contributed by atoms with E-state index in [-0.39, 0.29) is 0 Å². The molecule has 0 aromatic carbocycles. The van der Waals surface area contributed by atoms with E-state index in [2.05, 4.69) is 56.1 Å². The lowest BCUT2D eigenvalue weighted by molar-refractivity contribution is -0.870. The minimum Gasteiger partial charge on any atom is -0.867 e. The van der Waals surface area contributed by atoms with Crippen LogP contribution in [0.2, 0.25) is 0 Å². The van der Waals surface area contributed by atoms with E-state index >= 15 is 0 Å². The molecule has 0 N–H and O–H groups in total. The maximum atomic E-state index is 9.89. The fraction of sp³-hybridized carbons (Fsp3) is 1.00. The van der Waals surface area contributed by atoms with Gasteiger partial charge in [-0.1, -0.05) is 26.7 Å². The molecule has 0 unspecified atom stereocenters. The average molecular weight is 294 g/mol. The number of quaternary nitrogens is 2. The smallest absolute Gasteiger partial charge is 0.121 e. The van der Waals surface area contributed by atoms with Crippen LogP contribution >= 0.6 is 0 Å². The highest BCUT2D eigenvalue weighted by Gasteiger charge is 2.03. The Morgan fingerprint density at radius 1 is 0.750 bits per heavy atom. The lowest BCUT2D eigenvalue weighted by Crippen LogP contribution is -2.39. The number of unbranched alkanes of at least 4 members (excludes halogenated alkanes) is 2. The standard InChI is InChI=1S/2C7H18N.BFO2/c2*1-5-6-7-8(2,3)4;2-1(3)4/h2*5-7H2,1-4H3;/q2*+1;-2. The molecule has 0 fully saturated rings. The Hall–Kier alpha value is -0.165. The summed E-state index contributed by atoms with van der Waals surface area (Å²) in [4.78, 5) is 0. The van der Waals surface area contributed by atoms with E-state index in [1.165, 1.54) is 38.8 Å². The van der Waals surface area contributed by atoms with Crippen molar-refractivity contribution in [2.45, 2.75) is 39.5 Å². The molecule has 0 aliphatic rings. The molecule has 0 aromatic heterocycles. The van der Waals surface area contributed by atoms with E-state index in [9.17, 15) is 4.32 Å². The molecule has 0 radical (unpaired) electrons. The predicted molar refractivity (Wildman–Crippen MR) is 82.5 cm³/mol. The van der Waals surface area contributed by atoms with Gasteiger partial charge in [0.2, 0.25) is 0 Å². The van der Waals surface area contributed by atoms with Crippen molar-refractivity contribution in [3.8, 4) is 0 Å². The molecule has 0 aliphatic carbocycles. The van der Waals surface area contributed by atoms with E-state index in [0.29, 0.717) is 0 Å². The zero-order valence-corrected chi connectivity index (χ0v) is 14.9. The Kier molecular flexibility index (Phi) is 17.1. The lowest BCUT2D eigenvalue weighted by Gasteiger charge is -2.23. The number of halogens is 1. The fourth-order valence-electron chi connectivity index (χ4n) is 1.26. The van der Waals surface area contributed by atoms with Crippen molar-refractivity contribution in [2.24, 2.45) is 0 Å². The number of hydrogen-bond donors (Lipinski definition) is 0. The molecule has 20 heavy (non-hydrogen) atoms. The van der Waals surface area contributed by atoms with E-state index < -0.39 is 7.40 Å². The van der Waals surface area contributed by atoms with Crippen LogP contribution in [0.4, 0.5) is 4.32 Å². The van der Waals surface area contributed by atoms with Gasteiger partial charge in [-0.15, -0.1) is 0 Å². The van der Waals surface area contributed by atoms with Gasteiger partial charge in [-0.25, -0.2) is 0 Å². The summed E-state index contributed by atoms with van der Waals surface area (Å²) in [6, 6.07) is 0. The van der Waals surface area contributed by atoms with Crippen LogP contribution in [0, 0.1) is 0 Å². The largest absolute Gasteiger partial charge is 0.867 e. The Morgan fingerprint density at radius 3 is 1.00 bits per heavy atom. The number of nitrogens with zero attached hydrogens (tertiary/aromatic N) is 2. The Labute approximate surface area is 126 Å². The molecule has 0 saturated carbocycles. The van der Waals surface area contributed by atoms with Crippen LogP contribution in [0.15, 0.2) is 0 Å². The van der Waals surface area contributed by atoms with Gasteiger partial charge in [0.25, 0.3) is 0 Å². The summed E-state index contributed by atoms with van der Waals surface area (Å²) in [5, 5.41) is 16.6. The van der Waals surface area contributed by atoms with Crippen LogP contribution in [0.1, 0.15) is 39.5 Å². The Balaban J connectivity index is -0.000000230. The molecule has 0 bridgehead atoms. The quantitative estimate of drug-likeness (QED) is 0.533. The van der Waals surface area contributed by atoms with Gasteiger partial charge in [0, 0.05) is 0 Å². The SMILES string of the molecule is CCCC[N+](C)(C)C.CCCC[N+](C)(C)C.[O-]B([O-])F. The van der Waals surface area contributed by atoms with Crippen LogP contribution < -0.4 is 10.0 Å². The number of rotatable bonds is 6. The second-order valence-electron chi connectivity index (χ2n) is 7.01. The summed E-state index contributed by atoms with van der Waals surface area (Å²) in [7, 11) is 10.2. The van der Waals surface area contributed by atoms with Crippen molar-refractivity contribution >= 4 is 7.40 Å². The third-order valence-corrected chi connectivity index (χ3v) is 2.36. The molecule has 124 valence electrons. The molecular formula is C14H36BFN2O2. The van der Waals surface area contributed by atoms with Gasteiger partial charge in [-0.05, 0) is 12.8 Å². The molecule has 0 saturated heterocycles. The molecule has 0 amide bonds. The maximum Gasteiger partial charge on any atom is 0.121 e. The third-order valence-electron chi connectivity index (χ3n) is 2.36. The van der Waals surface area contributed by atoms with Crippen LogP contribution in [-0.2, 0) is 0 Å². The fourth-order valence-corrected chi connectivity index (χ4v) is 1.26. The molecule has 0 rings (SSSR count). The molecule has 4 nitrogen and oxygen atoms in total. The minimum atomic E-state index is -3.17. The first-order valence-electron chi connectivity index (χ1n) is 7.42. The highest BCUT2D eigenvalue weighted by atomic mass is 19.1. The van der Waals surface area contributed by atoms with Crippen LogP contribution in [-0.4, -0.2) is 71.7 Å². The average Bonchev–Trinajstić information content (AvgIpc) is 2.21. The zero-order chi connectivity index (χ0) is 16.8. The molecule has 0 aliphatic heterocycles. The summed E-state index contributed by atoms with van der Waals surface area (Å²) >= 11 is 0. The van der Waals surface area contributed by atoms with Gasteiger partial charge in [0.15, 0.2) is 0 Å². The topological polar surface area (TPSA) is 46.1 Å². The van der Waals surface area contributed by atoms with Gasteiger partial charge in [-0.2, -0.15) is 0 Å². The first-order chi connectivity index (χ1) is 8.85. The molecule has 0 heterocycles. The molecule has 6 heteroatoms. The maximum absolute atomic E-state index is 9.89. The molecule has 0 aromatic rings.